The number of carbonyl (C=O) groups excluding carboxylic acids is 1. The third kappa shape index (κ3) is 3.91. The van der Waals surface area contributed by atoms with E-state index in [-0.39, 0.29) is 23.0 Å². The van der Waals surface area contributed by atoms with Gasteiger partial charge in [-0.05, 0) is 35.9 Å². The molecular formula is C20H14ClN5O4. The van der Waals surface area contributed by atoms with Crippen LogP contribution in [-0.4, -0.2) is 25.6 Å². The molecule has 0 atom stereocenters. The number of hydrogen-bond acceptors (Lipinski definition) is 7. The molecule has 0 amide bonds. The van der Waals surface area contributed by atoms with Crippen LogP contribution in [0.15, 0.2) is 71.3 Å². The van der Waals surface area contributed by atoms with Crippen LogP contribution in [0.3, 0.4) is 0 Å². The lowest BCUT2D eigenvalue weighted by Gasteiger charge is -2.08. The van der Waals surface area contributed by atoms with Crippen LogP contribution in [0.5, 0.6) is 0 Å². The standard InChI is InChI=1S/C20H14ClN5O4/c21-16-5-2-1-4-14(16)12-22-20-23-18(17-6-3-11-30-17)24-25(20)19(27)13-7-9-15(10-8-13)26(28)29/h1-11H,12H2,(H,22,23,24). The number of halogens is 1. The van der Waals surface area contributed by atoms with Crippen molar-refractivity contribution in [1.29, 1.82) is 0 Å². The molecule has 2 heterocycles. The van der Waals surface area contributed by atoms with E-state index >= 15 is 0 Å². The number of anilines is 1. The topological polar surface area (TPSA) is 116 Å². The maximum atomic E-state index is 13.0. The van der Waals surface area contributed by atoms with Crippen molar-refractivity contribution >= 4 is 29.1 Å². The van der Waals surface area contributed by atoms with E-state index in [9.17, 15) is 14.9 Å². The Kier molecular flexibility index (Phi) is 5.27. The van der Waals surface area contributed by atoms with Crippen molar-refractivity contribution < 1.29 is 14.1 Å². The number of benzene rings is 2. The van der Waals surface area contributed by atoms with Crippen LogP contribution >= 0.6 is 11.6 Å². The summed E-state index contributed by atoms with van der Waals surface area (Å²) in [6.07, 6.45) is 1.48. The summed E-state index contributed by atoms with van der Waals surface area (Å²) in [6.45, 7) is 0.309. The first-order valence-corrected chi connectivity index (χ1v) is 9.18. The van der Waals surface area contributed by atoms with E-state index < -0.39 is 10.8 Å². The summed E-state index contributed by atoms with van der Waals surface area (Å²) >= 11 is 6.20. The van der Waals surface area contributed by atoms with Crippen molar-refractivity contribution in [3.63, 3.8) is 0 Å². The SMILES string of the molecule is O=C(c1ccc([N+](=O)[O-])cc1)n1nc(-c2ccco2)nc1NCc1ccccc1Cl. The molecule has 1 N–H and O–H groups in total. The molecule has 0 saturated heterocycles. The number of nitrogens with one attached hydrogen (secondary N) is 1. The molecule has 0 aliphatic heterocycles. The zero-order valence-electron chi connectivity index (χ0n) is 15.4. The lowest BCUT2D eigenvalue weighted by Crippen LogP contribution is -2.17. The number of aromatic nitrogens is 3. The highest BCUT2D eigenvalue weighted by molar-refractivity contribution is 6.31. The number of carbonyl (C=O) groups is 1. The van der Waals surface area contributed by atoms with Crippen LogP contribution in [0, 0.1) is 10.1 Å². The Morgan fingerprint density at radius 3 is 2.57 bits per heavy atom. The van der Waals surface area contributed by atoms with Crippen LogP contribution in [-0.2, 0) is 6.54 Å². The van der Waals surface area contributed by atoms with Gasteiger partial charge in [0.05, 0.1) is 11.2 Å². The highest BCUT2D eigenvalue weighted by Crippen LogP contribution is 2.22. The molecule has 0 radical (unpaired) electrons. The Balaban J connectivity index is 1.67. The van der Waals surface area contributed by atoms with Crippen molar-refractivity contribution in [1.82, 2.24) is 14.8 Å². The fraction of sp³-hybridized carbons (Fsp3) is 0.0500. The molecule has 10 heteroatoms. The lowest BCUT2D eigenvalue weighted by molar-refractivity contribution is -0.384. The molecule has 30 heavy (non-hydrogen) atoms. The Bertz CT molecular complexity index is 1200. The van der Waals surface area contributed by atoms with Crippen molar-refractivity contribution in [3.8, 4) is 11.6 Å². The molecule has 2 aromatic heterocycles. The molecule has 0 bridgehead atoms. The van der Waals surface area contributed by atoms with E-state index in [1.165, 1.54) is 30.5 Å². The van der Waals surface area contributed by atoms with E-state index in [4.69, 9.17) is 16.0 Å². The van der Waals surface area contributed by atoms with Crippen LogP contribution in [0.4, 0.5) is 11.6 Å². The Hall–Kier alpha value is -3.98. The minimum absolute atomic E-state index is 0.113. The maximum absolute atomic E-state index is 13.0. The van der Waals surface area contributed by atoms with E-state index in [0.29, 0.717) is 17.3 Å². The molecule has 4 rings (SSSR count). The molecule has 150 valence electrons. The summed E-state index contributed by atoms with van der Waals surface area (Å²) in [5.41, 5.74) is 0.923. The van der Waals surface area contributed by atoms with Gasteiger partial charge in [-0.2, -0.15) is 9.67 Å². The average Bonchev–Trinajstić information content (AvgIpc) is 3.43. The summed E-state index contributed by atoms with van der Waals surface area (Å²) in [7, 11) is 0. The normalized spacial score (nSPS) is 10.7. The van der Waals surface area contributed by atoms with Crippen molar-refractivity contribution in [3.05, 3.63) is 93.2 Å². The first-order valence-electron chi connectivity index (χ1n) is 8.80. The average molecular weight is 424 g/mol. The predicted molar refractivity (Wildman–Crippen MR) is 109 cm³/mol. The van der Waals surface area contributed by atoms with Gasteiger partial charge in [0.15, 0.2) is 5.76 Å². The zero-order chi connectivity index (χ0) is 21.1. The second kappa shape index (κ2) is 8.18. The lowest BCUT2D eigenvalue weighted by atomic mass is 10.2. The van der Waals surface area contributed by atoms with Gasteiger partial charge < -0.3 is 9.73 Å². The van der Waals surface area contributed by atoms with Crippen molar-refractivity contribution in [2.75, 3.05) is 5.32 Å². The number of nitro groups is 1. The summed E-state index contributed by atoms with van der Waals surface area (Å²) in [6, 6.07) is 15.9. The second-order valence-corrected chi connectivity index (χ2v) is 6.61. The van der Waals surface area contributed by atoms with Gasteiger partial charge in [0.25, 0.3) is 11.6 Å². The van der Waals surface area contributed by atoms with Crippen molar-refractivity contribution in [2.24, 2.45) is 0 Å². The van der Waals surface area contributed by atoms with E-state index in [1.54, 1.807) is 18.2 Å². The van der Waals surface area contributed by atoms with E-state index in [1.807, 2.05) is 18.2 Å². The molecule has 2 aromatic carbocycles. The largest absolute Gasteiger partial charge is 0.461 e. The summed E-state index contributed by atoms with van der Waals surface area (Å²) in [5, 5.41) is 18.7. The van der Waals surface area contributed by atoms with Crippen LogP contribution < -0.4 is 5.32 Å². The number of nitrogens with zero attached hydrogens (tertiary/aromatic N) is 4. The summed E-state index contributed by atoms with van der Waals surface area (Å²) in [5.74, 6) is 0.296. The first-order chi connectivity index (χ1) is 14.5. The molecule has 0 spiro atoms. The van der Waals surface area contributed by atoms with Crippen LogP contribution in [0.2, 0.25) is 5.02 Å². The van der Waals surface area contributed by atoms with Crippen LogP contribution in [0.25, 0.3) is 11.6 Å². The number of furan rings is 1. The highest BCUT2D eigenvalue weighted by atomic mass is 35.5. The molecule has 0 aliphatic carbocycles. The van der Waals surface area contributed by atoms with E-state index in [0.717, 1.165) is 10.2 Å². The quantitative estimate of drug-likeness (QED) is 0.361. The van der Waals surface area contributed by atoms with Crippen molar-refractivity contribution in [2.45, 2.75) is 6.54 Å². The van der Waals surface area contributed by atoms with Gasteiger partial charge in [-0.25, -0.2) is 0 Å². The van der Waals surface area contributed by atoms with Gasteiger partial charge in [-0.15, -0.1) is 5.10 Å². The van der Waals surface area contributed by atoms with Gasteiger partial charge in [-0.1, -0.05) is 29.8 Å². The molecule has 0 aliphatic rings. The van der Waals surface area contributed by atoms with Gasteiger partial charge >= 0.3 is 0 Å². The molecule has 0 unspecified atom stereocenters. The first kappa shape index (κ1) is 19.3. The number of rotatable bonds is 6. The zero-order valence-corrected chi connectivity index (χ0v) is 16.1. The third-order valence-electron chi connectivity index (χ3n) is 4.26. The van der Waals surface area contributed by atoms with Gasteiger partial charge in [0.1, 0.15) is 0 Å². The smallest absolute Gasteiger partial charge is 0.281 e. The minimum atomic E-state index is -0.532. The maximum Gasteiger partial charge on any atom is 0.281 e. The fourth-order valence-corrected chi connectivity index (χ4v) is 2.94. The molecule has 4 aromatic rings. The van der Waals surface area contributed by atoms with Gasteiger partial charge in [0, 0.05) is 29.3 Å². The number of nitro benzene ring substituents is 1. The Morgan fingerprint density at radius 2 is 1.90 bits per heavy atom. The number of non-ortho nitro benzene ring substituents is 1. The number of hydrogen-bond donors (Lipinski definition) is 1. The van der Waals surface area contributed by atoms with Gasteiger partial charge in [0.2, 0.25) is 11.8 Å². The summed E-state index contributed by atoms with van der Waals surface area (Å²) in [4.78, 5) is 27.7. The van der Waals surface area contributed by atoms with Gasteiger partial charge in [-0.3, -0.25) is 14.9 Å². The summed E-state index contributed by atoms with van der Waals surface area (Å²) < 4.78 is 6.42. The highest BCUT2D eigenvalue weighted by Gasteiger charge is 2.20. The molecular weight excluding hydrogens is 410 g/mol. The Morgan fingerprint density at radius 1 is 1.13 bits per heavy atom. The fourth-order valence-electron chi connectivity index (χ4n) is 2.74. The third-order valence-corrected chi connectivity index (χ3v) is 4.63. The van der Waals surface area contributed by atoms with Crippen LogP contribution in [0.1, 0.15) is 15.9 Å². The second-order valence-electron chi connectivity index (χ2n) is 6.20. The molecule has 0 fully saturated rings. The predicted octanol–water partition coefficient (Wildman–Crippen LogP) is 4.40. The minimum Gasteiger partial charge on any atom is -0.461 e. The monoisotopic (exact) mass is 423 g/mol. The van der Waals surface area contributed by atoms with E-state index in [2.05, 4.69) is 15.4 Å². The molecule has 9 nitrogen and oxygen atoms in total. The Labute approximate surface area is 175 Å². The molecule has 0 saturated carbocycles.